The molecule has 0 atom stereocenters. The van der Waals surface area contributed by atoms with Gasteiger partial charge in [-0.2, -0.15) is 0 Å². The van der Waals surface area contributed by atoms with E-state index in [1.807, 2.05) is 16.0 Å². The molecular formula is C13H13ClN4O2S. The summed E-state index contributed by atoms with van der Waals surface area (Å²) in [6.07, 6.45) is 5.68. The van der Waals surface area contributed by atoms with Crippen molar-refractivity contribution in [2.45, 2.75) is 6.42 Å². The van der Waals surface area contributed by atoms with E-state index in [4.69, 9.17) is 11.6 Å². The highest BCUT2D eigenvalue weighted by Gasteiger charge is 2.18. The summed E-state index contributed by atoms with van der Waals surface area (Å²) in [6, 6.07) is 0. The van der Waals surface area contributed by atoms with Crippen LogP contribution in [0.2, 0.25) is 5.15 Å². The van der Waals surface area contributed by atoms with Crippen molar-refractivity contribution >= 4 is 45.8 Å². The molecule has 0 radical (unpaired) electrons. The van der Waals surface area contributed by atoms with Crippen LogP contribution >= 0.6 is 22.9 Å². The summed E-state index contributed by atoms with van der Waals surface area (Å²) in [7, 11) is 0. The Morgan fingerprint density at radius 3 is 3.24 bits per heavy atom. The summed E-state index contributed by atoms with van der Waals surface area (Å²) in [5, 5.41) is 5.00. The van der Waals surface area contributed by atoms with E-state index >= 15 is 0 Å². The third kappa shape index (κ3) is 2.93. The Morgan fingerprint density at radius 2 is 2.38 bits per heavy atom. The molecule has 0 saturated carbocycles. The van der Waals surface area contributed by atoms with Crippen LogP contribution in [0, 0.1) is 0 Å². The molecule has 2 aromatic heterocycles. The second kappa shape index (κ2) is 5.87. The van der Waals surface area contributed by atoms with Gasteiger partial charge in [0, 0.05) is 30.7 Å². The minimum absolute atomic E-state index is 0.0944. The van der Waals surface area contributed by atoms with Gasteiger partial charge < -0.3 is 10.2 Å². The normalized spacial score (nSPS) is 16.4. The van der Waals surface area contributed by atoms with Gasteiger partial charge in [0.15, 0.2) is 10.1 Å². The van der Waals surface area contributed by atoms with Crippen LogP contribution in [-0.2, 0) is 9.59 Å². The Hall–Kier alpha value is -1.86. The van der Waals surface area contributed by atoms with E-state index in [-0.39, 0.29) is 18.4 Å². The van der Waals surface area contributed by atoms with E-state index in [2.05, 4.69) is 10.3 Å². The largest absolute Gasteiger partial charge is 0.354 e. The van der Waals surface area contributed by atoms with Gasteiger partial charge >= 0.3 is 0 Å². The van der Waals surface area contributed by atoms with Gasteiger partial charge in [0.1, 0.15) is 0 Å². The first-order valence-corrected chi connectivity index (χ1v) is 7.75. The molecule has 3 rings (SSSR count). The molecule has 1 fully saturated rings. The molecule has 0 aromatic carbocycles. The maximum absolute atomic E-state index is 12.2. The highest BCUT2D eigenvalue weighted by molar-refractivity contribution is 7.15. The second-order valence-corrected chi connectivity index (χ2v) is 5.87. The summed E-state index contributed by atoms with van der Waals surface area (Å²) in [6.45, 7) is 1.27. The van der Waals surface area contributed by atoms with Gasteiger partial charge in [-0.25, -0.2) is 4.98 Å². The molecule has 1 saturated heterocycles. The number of carbonyl (C=O) groups is 2. The van der Waals surface area contributed by atoms with E-state index < -0.39 is 0 Å². The maximum atomic E-state index is 12.2. The molecule has 8 heteroatoms. The molecule has 0 aliphatic carbocycles. The lowest BCUT2D eigenvalue weighted by molar-refractivity contribution is -0.131. The second-order valence-electron chi connectivity index (χ2n) is 4.64. The standard InChI is InChI=1S/C13H13ClN4O2S/c14-12-9(18-6-7-21-13(18)16-12)2-3-11(20)17-5-1-4-15-10(19)8-17/h2-3,6-7H,1,4-5,8H2,(H,15,19). The van der Waals surface area contributed by atoms with E-state index in [1.54, 1.807) is 6.08 Å². The Labute approximate surface area is 130 Å². The van der Waals surface area contributed by atoms with Crippen LogP contribution < -0.4 is 5.32 Å². The van der Waals surface area contributed by atoms with Crippen molar-refractivity contribution in [2.24, 2.45) is 0 Å². The van der Waals surface area contributed by atoms with Crippen molar-refractivity contribution < 1.29 is 9.59 Å². The molecule has 1 aliphatic rings. The predicted octanol–water partition coefficient (Wildman–Crippen LogP) is 1.41. The number of nitrogens with one attached hydrogen (secondary N) is 1. The maximum Gasteiger partial charge on any atom is 0.247 e. The average molecular weight is 325 g/mol. The number of rotatable bonds is 2. The molecule has 21 heavy (non-hydrogen) atoms. The molecule has 2 aromatic rings. The number of halogens is 1. The van der Waals surface area contributed by atoms with E-state index in [1.165, 1.54) is 22.3 Å². The predicted molar refractivity (Wildman–Crippen MR) is 81.3 cm³/mol. The average Bonchev–Trinajstić information content (AvgIpc) is 2.92. The van der Waals surface area contributed by atoms with Gasteiger partial charge in [0.25, 0.3) is 0 Å². The third-order valence-corrected chi connectivity index (χ3v) is 4.25. The van der Waals surface area contributed by atoms with Crippen LogP contribution in [0.3, 0.4) is 0 Å². The van der Waals surface area contributed by atoms with E-state index in [9.17, 15) is 9.59 Å². The summed E-state index contributed by atoms with van der Waals surface area (Å²) < 4.78 is 1.83. The molecule has 1 aliphatic heterocycles. The van der Waals surface area contributed by atoms with E-state index in [0.29, 0.717) is 23.9 Å². The van der Waals surface area contributed by atoms with Crippen molar-refractivity contribution in [1.29, 1.82) is 0 Å². The minimum Gasteiger partial charge on any atom is -0.354 e. The summed E-state index contributed by atoms with van der Waals surface area (Å²) >= 11 is 7.53. The monoisotopic (exact) mass is 324 g/mol. The van der Waals surface area contributed by atoms with Gasteiger partial charge in [-0.1, -0.05) is 11.6 Å². The lowest BCUT2D eigenvalue weighted by Crippen LogP contribution is -2.36. The van der Waals surface area contributed by atoms with Crippen LogP contribution in [0.5, 0.6) is 0 Å². The molecule has 0 spiro atoms. The molecular weight excluding hydrogens is 312 g/mol. The number of imidazole rings is 1. The molecule has 0 unspecified atom stereocenters. The zero-order chi connectivity index (χ0) is 14.8. The van der Waals surface area contributed by atoms with Gasteiger partial charge in [-0.3, -0.25) is 14.0 Å². The molecule has 110 valence electrons. The van der Waals surface area contributed by atoms with E-state index in [0.717, 1.165) is 11.4 Å². The first-order chi connectivity index (χ1) is 10.1. The number of nitrogens with zero attached hydrogens (tertiary/aromatic N) is 3. The van der Waals surface area contributed by atoms with Crippen molar-refractivity contribution in [1.82, 2.24) is 19.6 Å². The Balaban J connectivity index is 1.78. The van der Waals surface area contributed by atoms with Gasteiger partial charge in [0.2, 0.25) is 11.8 Å². The van der Waals surface area contributed by atoms with Crippen LogP contribution in [0.4, 0.5) is 0 Å². The molecule has 2 amide bonds. The zero-order valence-corrected chi connectivity index (χ0v) is 12.7. The number of aromatic nitrogens is 2. The highest BCUT2D eigenvalue weighted by atomic mass is 35.5. The number of amides is 2. The zero-order valence-electron chi connectivity index (χ0n) is 11.1. The van der Waals surface area contributed by atoms with Crippen molar-refractivity contribution in [2.75, 3.05) is 19.6 Å². The number of hydrogen-bond acceptors (Lipinski definition) is 4. The fraction of sp³-hybridized carbons (Fsp3) is 0.308. The SMILES string of the molecule is O=C1CN(C(=O)C=Cc2c(Cl)nc3sccn23)CCCN1. The number of fused-ring (bicyclic) bond motifs is 1. The van der Waals surface area contributed by atoms with Crippen LogP contribution in [0.15, 0.2) is 17.7 Å². The Bertz CT molecular complexity index is 721. The topological polar surface area (TPSA) is 66.7 Å². The lowest BCUT2D eigenvalue weighted by atomic mass is 10.3. The van der Waals surface area contributed by atoms with Gasteiger partial charge in [-0.15, -0.1) is 11.3 Å². The highest BCUT2D eigenvalue weighted by Crippen LogP contribution is 2.22. The fourth-order valence-corrected chi connectivity index (χ4v) is 3.18. The van der Waals surface area contributed by atoms with Crippen LogP contribution in [-0.4, -0.2) is 45.7 Å². The Kier molecular flexibility index (Phi) is 3.94. The fourth-order valence-electron chi connectivity index (χ4n) is 2.18. The smallest absolute Gasteiger partial charge is 0.247 e. The van der Waals surface area contributed by atoms with Crippen LogP contribution in [0.25, 0.3) is 11.0 Å². The molecule has 3 heterocycles. The van der Waals surface area contributed by atoms with Gasteiger partial charge in [-0.05, 0) is 12.5 Å². The third-order valence-electron chi connectivity index (χ3n) is 3.21. The number of hydrogen-bond donors (Lipinski definition) is 1. The van der Waals surface area contributed by atoms with Crippen molar-refractivity contribution in [3.05, 3.63) is 28.5 Å². The van der Waals surface area contributed by atoms with Crippen LogP contribution in [0.1, 0.15) is 12.1 Å². The quantitative estimate of drug-likeness (QED) is 0.849. The Morgan fingerprint density at radius 1 is 1.52 bits per heavy atom. The van der Waals surface area contributed by atoms with Crippen molar-refractivity contribution in [3.8, 4) is 0 Å². The molecule has 0 bridgehead atoms. The molecule has 6 nitrogen and oxygen atoms in total. The number of carbonyl (C=O) groups excluding carboxylic acids is 2. The van der Waals surface area contributed by atoms with Crippen molar-refractivity contribution in [3.63, 3.8) is 0 Å². The first kappa shape index (κ1) is 14.1. The number of thiazole rings is 1. The molecule has 1 N–H and O–H groups in total. The lowest BCUT2D eigenvalue weighted by Gasteiger charge is -2.16. The first-order valence-electron chi connectivity index (χ1n) is 6.50. The summed E-state index contributed by atoms with van der Waals surface area (Å²) in [4.78, 5) is 30.1. The minimum atomic E-state index is -0.201. The summed E-state index contributed by atoms with van der Waals surface area (Å²) in [5.41, 5.74) is 0.667. The van der Waals surface area contributed by atoms with Gasteiger partial charge in [0.05, 0.1) is 12.2 Å². The summed E-state index contributed by atoms with van der Waals surface area (Å²) in [5.74, 6) is -0.329.